The number of anilines is 1. The second kappa shape index (κ2) is 9.79. The normalized spacial score (nSPS) is 10.8. The van der Waals surface area contributed by atoms with Gasteiger partial charge in [0, 0.05) is 11.3 Å². The Bertz CT molecular complexity index is 1380. The molecule has 0 saturated carbocycles. The molecule has 0 aliphatic heterocycles. The molecule has 166 valence electrons. The molecule has 0 aliphatic carbocycles. The number of rotatable bonds is 7. The molecule has 1 heterocycles. The molecule has 0 atom stereocenters. The monoisotopic (exact) mass is 461 g/mol. The molecule has 4 aromatic rings. The van der Waals surface area contributed by atoms with Crippen molar-refractivity contribution < 1.29 is 14.0 Å². The third-order valence-corrected chi connectivity index (χ3v) is 5.96. The zero-order valence-electron chi connectivity index (χ0n) is 17.7. The lowest BCUT2D eigenvalue weighted by Gasteiger charge is -2.13. The van der Waals surface area contributed by atoms with Gasteiger partial charge in [-0.25, -0.2) is 9.37 Å². The van der Waals surface area contributed by atoms with E-state index >= 15 is 0 Å². The van der Waals surface area contributed by atoms with Crippen molar-refractivity contribution in [3.63, 3.8) is 0 Å². The minimum atomic E-state index is -0.356. The summed E-state index contributed by atoms with van der Waals surface area (Å²) in [5, 5.41) is 3.64. The second-order valence-corrected chi connectivity index (χ2v) is 8.34. The number of carbonyl (C=O) groups is 2. The summed E-state index contributed by atoms with van der Waals surface area (Å²) >= 11 is 1.15. The van der Waals surface area contributed by atoms with Gasteiger partial charge in [-0.15, -0.1) is 0 Å². The van der Waals surface area contributed by atoms with Crippen LogP contribution in [0.1, 0.15) is 22.8 Å². The standard InChI is InChI=1S/C25H20FN3O3S/c1-16(30)18-8-12-20(13-9-18)27-23(31)15-33-25-28-22-5-3-2-4-21(22)24(32)29(25)14-17-6-10-19(26)11-7-17/h2-13H,14-15H2,1H3,(H,27,31). The highest BCUT2D eigenvalue weighted by Crippen LogP contribution is 2.20. The fraction of sp³-hybridized carbons (Fsp3) is 0.120. The van der Waals surface area contributed by atoms with Crippen molar-refractivity contribution in [2.75, 3.05) is 11.1 Å². The zero-order valence-corrected chi connectivity index (χ0v) is 18.6. The van der Waals surface area contributed by atoms with Crippen molar-refractivity contribution in [2.24, 2.45) is 0 Å². The van der Waals surface area contributed by atoms with Crippen molar-refractivity contribution >= 4 is 40.0 Å². The Balaban J connectivity index is 1.56. The van der Waals surface area contributed by atoms with Crippen molar-refractivity contribution in [3.05, 3.63) is 100 Å². The van der Waals surface area contributed by atoms with Gasteiger partial charge in [-0.3, -0.25) is 19.0 Å². The predicted octanol–water partition coefficient (Wildman–Crippen LogP) is 4.52. The maximum absolute atomic E-state index is 13.3. The molecule has 0 saturated heterocycles. The first-order valence-electron chi connectivity index (χ1n) is 10.2. The molecule has 0 spiro atoms. The number of halogens is 1. The number of para-hydroxylation sites is 1. The highest BCUT2D eigenvalue weighted by molar-refractivity contribution is 7.99. The van der Waals surface area contributed by atoms with Crippen LogP contribution in [0.15, 0.2) is 82.7 Å². The molecule has 4 rings (SSSR count). The second-order valence-electron chi connectivity index (χ2n) is 7.40. The maximum Gasteiger partial charge on any atom is 0.262 e. The van der Waals surface area contributed by atoms with Crippen LogP contribution in [0.3, 0.4) is 0 Å². The van der Waals surface area contributed by atoms with Crippen LogP contribution >= 0.6 is 11.8 Å². The number of hydrogen-bond donors (Lipinski definition) is 1. The molecule has 1 N–H and O–H groups in total. The van der Waals surface area contributed by atoms with Crippen molar-refractivity contribution in [2.45, 2.75) is 18.6 Å². The number of hydrogen-bond acceptors (Lipinski definition) is 5. The third-order valence-electron chi connectivity index (χ3n) is 4.99. The van der Waals surface area contributed by atoms with Crippen LogP contribution in [0.5, 0.6) is 0 Å². The van der Waals surface area contributed by atoms with Crippen LogP contribution in [-0.4, -0.2) is 27.0 Å². The van der Waals surface area contributed by atoms with E-state index in [1.54, 1.807) is 60.7 Å². The molecule has 3 aromatic carbocycles. The van der Waals surface area contributed by atoms with Gasteiger partial charge in [0.15, 0.2) is 10.9 Å². The number of nitrogens with one attached hydrogen (secondary N) is 1. The van der Waals surface area contributed by atoms with E-state index in [9.17, 15) is 18.8 Å². The number of benzene rings is 3. The largest absolute Gasteiger partial charge is 0.325 e. The Morgan fingerprint density at radius 2 is 1.70 bits per heavy atom. The van der Waals surface area contributed by atoms with E-state index in [-0.39, 0.29) is 35.4 Å². The van der Waals surface area contributed by atoms with Gasteiger partial charge in [-0.2, -0.15) is 0 Å². The van der Waals surface area contributed by atoms with E-state index in [1.165, 1.54) is 23.6 Å². The lowest BCUT2D eigenvalue weighted by molar-refractivity contribution is -0.113. The molecule has 0 bridgehead atoms. The molecule has 1 amide bonds. The van der Waals surface area contributed by atoms with Crippen molar-refractivity contribution in [3.8, 4) is 0 Å². The van der Waals surface area contributed by atoms with Crippen molar-refractivity contribution in [1.82, 2.24) is 9.55 Å². The van der Waals surface area contributed by atoms with Crippen LogP contribution in [-0.2, 0) is 11.3 Å². The van der Waals surface area contributed by atoms with E-state index in [4.69, 9.17) is 0 Å². The van der Waals surface area contributed by atoms with Gasteiger partial charge in [0.25, 0.3) is 5.56 Å². The van der Waals surface area contributed by atoms with Crippen LogP contribution in [0.4, 0.5) is 10.1 Å². The smallest absolute Gasteiger partial charge is 0.262 e. The minimum Gasteiger partial charge on any atom is -0.325 e. The molecular formula is C25H20FN3O3S. The minimum absolute atomic E-state index is 0.0304. The first-order valence-corrected chi connectivity index (χ1v) is 11.2. The average molecular weight is 462 g/mol. The van der Waals surface area contributed by atoms with Crippen LogP contribution in [0.2, 0.25) is 0 Å². The molecule has 0 unspecified atom stereocenters. The number of Topliss-reactive ketones (excluding diaryl/α,β-unsaturated/α-hetero) is 1. The van der Waals surface area contributed by atoms with Gasteiger partial charge in [-0.05, 0) is 61.0 Å². The van der Waals surface area contributed by atoms with Gasteiger partial charge in [0.2, 0.25) is 5.91 Å². The van der Waals surface area contributed by atoms with Gasteiger partial charge >= 0.3 is 0 Å². The van der Waals surface area contributed by atoms with E-state index < -0.39 is 0 Å². The Kier molecular flexibility index (Phi) is 6.65. The van der Waals surface area contributed by atoms with E-state index in [0.29, 0.717) is 27.3 Å². The Hall–Kier alpha value is -3.78. The van der Waals surface area contributed by atoms with E-state index in [1.807, 2.05) is 0 Å². The van der Waals surface area contributed by atoms with Gasteiger partial charge in [-0.1, -0.05) is 36.0 Å². The summed E-state index contributed by atoms with van der Waals surface area (Å²) in [6, 6.07) is 19.6. The summed E-state index contributed by atoms with van der Waals surface area (Å²) in [5.74, 6) is -0.649. The molecule has 0 aliphatic rings. The zero-order chi connectivity index (χ0) is 23.4. The highest BCUT2D eigenvalue weighted by atomic mass is 32.2. The molecule has 33 heavy (non-hydrogen) atoms. The molecule has 1 aromatic heterocycles. The third kappa shape index (κ3) is 5.35. The molecule has 0 fully saturated rings. The quantitative estimate of drug-likeness (QED) is 0.249. The van der Waals surface area contributed by atoms with Gasteiger partial charge in [0.1, 0.15) is 5.82 Å². The molecule has 0 radical (unpaired) electrons. The number of carbonyl (C=O) groups excluding carboxylic acids is 2. The van der Waals surface area contributed by atoms with Crippen LogP contribution < -0.4 is 10.9 Å². The average Bonchev–Trinajstić information content (AvgIpc) is 2.81. The number of amides is 1. The molecule has 6 nitrogen and oxygen atoms in total. The summed E-state index contributed by atoms with van der Waals surface area (Å²) in [7, 11) is 0. The number of aromatic nitrogens is 2. The van der Waals surface area contributed by atoms with Crippen molar-refractivity contribution in [1.29, 1.82) is 0 Å². The summed E-state index contributed by atoms with van der Waals surface area (Å²) < 4.78 is 14.8. The van der Waals surface area contributed by atoms with E-state index in [0.717, 1.165) is 17.3 Å². The first kappa shape index (κ1) is 22.4. The number of nitrogens with zero attached hydrogens (tertiary/aromatic N) is 2. The Morgan fingerprint density at radius 1 is 1.00 bits per heavy atom. The summed E-state index contributed by atoms with van der Waals surface area (Å²) in [5.41, 5.74) is 2.19. The van der Waals surface area contributed by atoms with Gasteiger partial charge < -0.3 is 5.32 Å². The van der Waals surface area contributed by atoms with E-state index in [2.05, 4.69) is 10.3 Å². The fourth-order valence-electron chi connectivity index (χ4n) is 3.29. The van der Waals surface area contributed by atoms with Crippen LogP contribution in [0.25, 0.3) is 10.9 Å². The number of thioether (sulfide) groups is 1. The summed E-state index contributed by atoms with van der Waals surface area (Å²) in [4.78, 5) is 41.6. The Labute approximate surface area is 193 Å². The number of ketones is 1. The summed E-state index contributed by atoms with van der Waals surface area (Å²) in [6.45, 7) is 1.68. The Morgan fingerprint density at radius 3 is 2.39 bits per heavy atom. The highest BCUT2D eigenvalue weighted by Gasteiger charge is 2.14. The summed E-state index contributed by atoms with van der Waals surface area (Å²) in [6.07, 6.45) is 0. The SMILES string of the molecule is CC(=O)c1ccc(NC(=O)CSc2nc3ccccc3c(=O)n2Cc2ccc(F)cc2)cc1. The van der Waals surface area contributed by atoms with Gasteiger partial charge in [0.05, 0.1) is 23.2 Å². The predicted molar refractivity (Wildman–Crippen MR) is 127 cm³/mol. The topological polar surface area (TPSA) is 81.1 Å². The van der Waals surface area contributed by atoms with Crippen LogP contribution in [0, 0.1) is 5.82 Å². The molecule has 8 heteroatoms. The first-order chi connectivity index (χ1) is 15.9. The maximum atomic E-state index is 13.3. The number of fused-ring (bicyclic) bond motifs is 1. The lowest BCUT2D eigenvalue weighted by atomic mass is 10.1. The fourth-order valence-corrected chi connectivity index (χ4v) is 4.08. The lowest BCUT2D eigenvalue weighted by Crippen LogP contribution is -2.25. The molecular weight excluding hydrogens is 441 g/mol.